The zero-order valence-electron chi connectivity index (χ0n) is 14.3. The summed E-state index contributed by atoms with van der Waals surface area (Å²) in [7, 11) is -5.77. The van der Waals surface area contributed by atoms with E-state index >= 15 is 0 Å². The molecule has 0 fully saturated rings. The number of carbonyl (C=O) groups is 1. The Kier molecular flexibility index (Phi) is 6.04. The lowest BCUT2D eigenvalue weighted by molar-refractivity contribution is -0.0438. The molecule has 2 aromatic heterocycles. The van der Waals surface area contributed by atoms with Gasteiger partial charge in [0, 0.05) is 24.5 Å². The van der Waals surface area contributed by atoms with Crippen molar-refractivity contribution < 1.29 is 31.1 Å². The van der Waals surface area contributed by atoms with Crippen molar-refractivity contribution in [1.29, 1.82) is 0 Å². The highest BCUT2D eigenvalue weighted by Gasteiger charge is 2.49. The molecule has 2 heterocycles. The van der Waals surface area contributed by atoms with Crippen molar-refractivity contribution in [2.75, 3.05) is 0 Å². The Labute approximate surface area is 153 Å². The summed E-state index contributed by atoms with van der Waals surface area (Å²) in [5.74, 6) is -0.771. The fourth-order valence-electron chi connectivity index (χ4n) is 2.05. The Balaban J connectivity index is 2.27. The van der Waals surface area contributed by atoms with Gasteiger partial charge in [0.2, 0.25) is 5.88 Å². The zero-order chi connectivity index (χ0) is 20.2. The van der Waals surface area contributed by atoms with E-state index in [9.17, 15) is 26.4 Å². The highest BCUT2D eigenvalue weighted by Crippen LogP contribution is 2.30. The van der Waals surface area contributed by atoms with Crippen LogP contribution in [0.15, 0.2) is 41.7 Å². The topological polar surface area (TPSA) is 98.2 Å². The van der Waals surface area contributed by atoms with Crippen LogP contribution in [0.25, 0.3) is 0 Å². The fourth-order valence-corrected chi connectivity index (χ4v) is 2.92. The van der Waals surface area contributed by atoms with E-state index < -0.39 is 31.8 Å². The molecule has 27 heavy (non-hydrogen) atoms. The molecule has 0 unspecified atom stereocenters. The molecule has 0 aromatic carbocycles. The van der Waals surface area contributed by atoms with Crippen molar-refractivity contribution in [3.05, 3.63) is 47.8 Å². The summed E-state index contributed by atoms with van der Waals surface area (Å²) in [4.78, 5) is 19.6. The third-order valence-corrected chi connectivity index (χ3v) is 4.66. The minimum Gasteiger partial charge on any atom is -0.475 e. The SMILES string of the molecule is CC(C)Oc1ncccc1CNC(=O)c1cccnc1S(=O)(=O)C(F)(F)F. The average Bonchev–Trinajstić information content (AvgIpc) is 2.59. The lowest BCUT2D eigenvalue weighted by atomic mass is 10.2. The van der Waals surface area contributed by atoms with Gasteiger partial charge in [-0.1, -0.05) is 6.07 Å². The molecule has 0 aliphatic carbocycles. The third-order valence-electron chi connectivity index (χ3n) is 3.21. The minimum absolute atomic E-state index is 0.130. The summed E-state index contributed by atoms with van der Waals surface area (Å²) in [5, 5.41) is 1.01. The van der Waals surface area contributed by atoms with Crippen LogP contribution in [0.3, 0.4) is 0 Å². The first-order chi connectivity index (χ1) is 12.5. The van der Waals surface area contributed by atoms with Gasteiger partial charge in [0.25, 0.3) is 15.7 Å². The van der Waals surface area contributed by atoms with E-state index in [0.29, 0.717) is 5.56 Å². The Hall–Kier alpha value is -2.69. The van der Waals surface area contributed by atoms with Gasteiger partial charge >= 0.3 is 5.51 Å². The Morgan fingerprint density at radius 2 is 1.81 bits per heavy atom. The van der Waals surface area contributed by atoms with Crippen LogP contribution < -0.4 is 10.1 Å². The van der Waals surface area contributed by atoms with Crippen LogP contribution in [0.1, 0.15) is 29.8 Å². The number of amides is 1. The first-order valence-corrected chi connectivity index (χ1v) is 9.17. The monoisotopic (exact) mass is 403 g/mol. The van der Waals surface area contributed by atoms with Crippen molar-refractivity contribution in [3.63, 3.8) is 0 Å². The van der Waals surface area contributed by atoms with Gasteiger partial charge in [0.15, 0.2) is 5.03 Å². The van der Waals surface area contributed by atoms with Crippen LogP contribution in [0, 0.1) is 0 Å². The maximum Gasteiger partial charge on any atom is 0.503 e. The summed E-state index contributed by atoms with van der Waals surface area (Å²) in [6, 6.07) is 5.33. The van der Waals surface area contributed by atoms with E-state index in [0.717, 1.165) is 12.3 Å². The lowest BCUT2D eigenvalue weighted by Crippen LogP contribution is -2.30. The van der Waals surface area contributed by atoms with E-state index in [1.807, 2.05) is 0 Å². The number of halogens is 3. The number of rotatable bonds is 6. The summed E-state index contributed by atoms with van der Waals surface area (Å²) in [6.07, 6.45) is 2.17. The number of sulfone groups is 1. The molecule has 0 atom stereocenters. The molecule has 0 bridgehead atoms. The molecule has 0 spiro atoms. The van der Waals surface area contributed by atoms with Crippen molar-refractivity contribution in [2.24, 2.45) is 0 Å². The molecule has 2 rings (SSSR count). The third kappa shape index (κ3) is 4.73. The molecule has 0 saturated heterocycles. The molecule has 0 saturated carbocycles. The Bertz CT molecular complexity index is 931. The van der Waals surface area contributed by atoms with Gasteiger partial charge in [0.1, 0.15) is 0 Å². The predicted octanol–water partition coefficient (Wildman–Crippen LogP) is 2.49. The summed E-state index contributed by atoms with van der Waals surface area (Å²) in [6.45, 7) is 3.43. The number of alkyl halides is 3. The normalized spacial score (nSPS) is 12.1. The van der Waals surface area contributed by atoms with Crippen LogP contribution >= 0.6 is 0 Å². The highest BCUT2D eigenvalue weighted by molar-refractivity contribution is 7.92. The number of hydrogen-bond donors (Lipinski definition) is 1. The van der Waals surface area contributed by atoms with Gasteiger partial charge in [-0.25, -0.2) is 18.4 Å². The molecule has 7 nitrogen and oxygen atoms in total. The lowest BCUT2D eigenvalue weighted by Gasteiger charge is -2.14. The van der Waals surface area contributed by atoms with Crippen LogP contribution in [0.5, 0.6) is 5.88 Å². The van der Waals surface area contributed by atoms with Gasteiger partial charge in [0.05, 0.1) is 11.7 Å². The largest absolute Gasteiger partial charge is 0.503 e. The summed E-state index contributed by atoms with van der Waals surface area (Å²) < 4.78 is 67.2. The smallest absolute Gasteiger partial charge is 0.475 e. The van der Waals surface area contributed by atoms with E-state index in [1.165, 1.54) is 12.3 Å². The number of nitrogens with one attached hydrogen (secondary N) is 1. The number of nitrogens with zero attached hydrogens (tertiary/aromatic N) is 2. The van der Waals surface area contributed by atoms with Crippen LogP contribution in [0.4, 0.5) is 13.2 Å². The highest BCUT2D eigenvalue weighted by atomic mass is 32.2. The van der Waals surface area contributed by atoms with Gasteiger partial charge in [-0.15, -0.1) is 0 Å². The second-order valence-electron chi connectivity index (χ2n) is 5.62. The molecule has 1 N–H and O–H groups in total. The first kappa shape index (κ1) is 20.6. The fraction of sp³-hybridized carbons (Fsp3) is 0.312. The molecule has 11 heteroatoms. The van der Waals surface area contributed by atoms with Crippen LogP contribution in [-0.2, 0) is 16.4 Å². The van der Waals surface area contributed by atoms with Crippen molar-refractivity contribution in [3.8, 4) is 5.88 Å². The van der Waals surface area contributed by atoms with Crippen molar-refractivity contribution in [2.45, 2.75) is 37.0 Å². The number of pyridine rings is 2. The van der Waals surface area contributed by atoms with Crippen molar-refractivity contribution >= 4 is 15.7 Å². The molecular formula is C16H16F3N3O4S. The predicted molar refractivity (Wildman–Crippen MR) is 88.6 cm³/mol. The average molecular weight is 403 g/mol. The summed E-state index contributed by atoms with van der Waals surface area (Å²) in [5.41, 5.74) is -5.80. The van der Waals surface area contributed by atoms with Crippen molar-refractivity contribution in [1.82, 2.24) is 15.3 Å². The number of hydrogen-bond acceptors (Lipinski definition) is 6. The summed E-state index contributed by atoms with van der Waals surface area (Å²) >= 11 is 0. The molecule has 0 aliphatic rings. The molecule has 1 amide bonds. The van der Waals surface area contributed by atoms with Crippen LogP contribution in [0.2, 0.25) is 0 Å². The molecule has 0 aliphatic heterocycles. The zero-order valence-corrected chi connectivity index (χ0v) is 15.1. The quantitative estimate of drug-likeness (QED) is 0.796. The standard InChI is InChI=1S/C16H16F3N3O4S/c1-10(2)26-14-11(5-3-7-20-14)9-22-13(23)12-6-4-8-21-15(12)27(24,25)16(17,18)19/h3-8,10H,9H2,1-2H3,(H,22,23). The van der Waals surface area contributed by atoms with E-state index in [2.05, 4.69) is 15.3 Å². The van der Waals surface area contributed by atoms with Crippen LogP contribution in [-0.4, -0.2) is 35.9 Å². The number of carbonyl (C=O) groups excluding carboxylic acids is 1. The Morgan fingerprint density at radius 3 is 2.44 bits per heavy atom. The second-order valence-corrected chi connectivity index (χ2v) is 7.48. The molecular weight excluding hydrogens is 387 g/mol. The maximum atomic E-state index is 12.8. The second kappa shape index (κ2) is 7.91. The van der Waals surface area contributed by atoms with Gasteiger partial charge < -0.3 is 10.1 Å². The van der Waals surface area contributed by atoms with E-state index in [1.54, 1.807) is 26.0 Å². The van der Waals surface area contributed by atoms with E-state index in [-0.39, 0.29) is 18.5 Å². The molecule has 146 valence electrons. The van der Waals surface area contributed by atoms with Gasteiger partial charge in [-0.3, -0.25) is 4.79 Å². The number of aromatic nitrogens is 2. The number of ether oxygens (including phenoxy) is 1. The van der Waals surface area contributed by atoms with Gasteiger partial charge in [-0.2, -0.15) is 13.2 Å². The Morgan fingerprint density at radius 1 is 1.19 bits per heavy atom. The van der Waals surface area contributed by atoms with E-state index in [4.69, 9.17) is 4.74 Å². The van der Waals surface area contributed by atoms with Gasteiger partial charge in [-0.05, 0) is 32.0 Å². The molecule has 0 radical (unpaired) electrons. The maximum absolute atomic E-state index is 12.8. The molecule has 2 aromatic rings. The first-order valence-electron chi connectivity index (χ1n) is 7.69. The minimum atomic E-state index is -5.77.